The largest absolute Gasteiger partial charge is 0.282 e. The average molecular weight is 394 g/mol. The fraction of sp³-hybridized carbons (Fsp3) is 0.857. The second-order valence-electron chi connectivity index (χ2n) is 2.97. The van der Waals surface area contributed by atoms with E-state index in [9.17, 15) is 4.79 Å². The van der Waals surface area contributed by atoms with Crippen LogP contribution in [0.25, 0.3) is 0 Å². The lowest BCUT2D eigenvalue weighted by atomic mass is 10.1. The Morgan fingerprint density at radius 2 is 2.00 bits per heavy atom. The zero-order valence-electron chi connectivity index (χ0n) is 6.96. The van der Waals surface area contributed by atoms with Crippen molar-refractivity contribution >= 4 is 51.6 Å². The van der Waals surface area contributed by atoms with E-state index in [4.69, 9.17) is 0 Å². The van der Waals surface area contributed by atoms with Crippen LogP contribution in [0.3, 0.4) is 0 Å². The second-order valence-corrected chi connectivity index (χ2v) is 5.38. The van der Waals surface area contributed by atoms with Crippen molar-refractivity contribution in [2.45, 2.75) is 25.8 Å². The molecule has 0 aromatic carbocycles. The number of piperidine rings is 1. The lowest BCUT2D eigenvalue weighted by molar-refractivity contribution is -0.124. The average Bonchev–Trinajstić information content (AvgIpc) is 2.04. The summed E-state index contributed by atoms with van der Waals surface area (Å²) in [5.74, 6) is 0.169. The summed E-state index contributed by atoms with van der Waals surface area (Å²) in [5, 5.41) is 0. The summed E-state index contributed by atoms with van der Waals surface area (Å²) in [6, 6.07) is 0.453. The molecule has 0 bridgehead atoms. The van der Waals surface area contributed by atoms with Gasteiger partial charge in [0.15, 0.2) is 0 Å². The van der Waals surface area contributed by atoms with Crippen LogP contribution in [0.1, 0.15) is 19.8 Å². The van der Waals surface area contributed by atoms with Crippen molar-refractivity contribution in [2.24, 2.45) is 0 Å². The number of halogens is 2. The van der Waals surface area contributed by atoms with Crippen LogP contribution in [0.15, 0.2) is 0 Å². The van der Waals surface area contributed by atoms with E-state index in [2.05, 4.69) is 48.8 Å². The molecule has 0 unspecified atom stereocenters. The summed E-state index contributed by atoms with van der Waals surface area (Å²) in [4.78, 5) is 11.0. The first-order valence-corrected chi connectivity index (χ1v) is 5.90. The van der Waals surface area contributed by atoms with Gasteiger partial charge in [0.25, 0.3) is 0 Å². The molecular weight excluding hydrogens is 382 g/mol. The predicted molar refractivity (Wildman–Crippen MR) is 65.2 cm³/mol. The molecule has 0 aromatic heterocycles. The summed E-state index contributed by atoms with van der Waals surface area (Å²) in [5.41, 5.74) is 0. The van der Waals surface area contributed by atoms with Crippen LogP contribution < -0.4 is 0 Å². The summed E-state index contributed by atoms with van der Waals surface area (Å²) in [6.45, 7) is 3.82. The minimum absolute atomic E-state index is 0.169. The SMILES string of the molecule is CC(=O)N(I)C1CCN(I)CC1. The van der Waals surface area contributed by atoms with Crippen LogP contribution in [0, 0.1) is 0 Å². The van der Waals surface area contributed by atoms with Crippen molar-refractivity contribution in [1.29, 1.82) is 0 Å². The van der Waals surface area contributed by atoms with Crippen LogP contribution in [0.4, 0.5) is 0 Å². The van der Waals surface area contributed by atoms with Gasteiger partial charge in [0, 0.05) is 48.9 Å². The highest BCUT2D eigenvalue weighted by Gasteiger charge is 2.23. The normalized spacial score (nSPS) is 20.9. The van der Waals surface area contributed by atoms with Crippen LogP contribution in [-0.4, -0.2) is 31.3 Å². The first-order valence-electron chi connectivity index (χ1n) is 3.97. The number of carbonyl (C=O) groups is 1. The molecule has 0 atom stereocenters. The molecule has 5 heteroatoms. The Labute approximate surface area is 101 Å². The molecule has 0 aliphatic carbocycles. The molecule has 0 aromatic rings. The van der Waals surface area contributed by atoms with E-state index in [0.29, 0.717) is 6.04 Å². The fourth-order valence-corrected chi connectivity index (χ4v) is 2.43. The Kier molecular flexibility index (Phi) is 4.52. The van der Waals surface area contributed by atoms with Crippen molar-refractivity contribution in [3.63, 3.8) is 0 Å². The van der Waals surface area contributed by atoms with Gasteiger partial charge in [-0.25, -0.2) is 3.11 Å². The smallest absolute Gasteiger partial charge is 0.228 e. The van der Waals surface area contributed by atoms with Crippen molar-refractivity contribution in [1.82, 2.24) is 6.23 Å². The molecule has 1 amide bonds. The number of hydrogen-bond acceptors (Lipinski definition) is 2. The fourth-order valence-electron chi connectivity index (χ4n) is 1.32. The predicted octanol–water partition coefficient (Wildman–Crippen LogP) is 2.00. The molecule has 1 aliphatic heterocycles. The summed E-state index contributed by atoms with van der Waals surface area (Å²) in [6.07, 6.45) is 2.21. The third-order valence-corrected chi connectivity index (χ3v) is 4.46. The highest BCUT2D eigenvalue weighted by atomic mass is 127. The van der Waals surface area contributed by atoms with Crippen LogP contribution in [0.5, 0.6) is 0 Å². The maximum absolute atomic E-state index is 11.0. The first-order chi connectivity index (χ1) is 5.61. The zero-order chi connectivity index (χ0) is 9.14. The van der Waals surface area contributed by atoms with Crippen LogP contribution in [-0.2, 0) is 4.79 Å². The van der Waals surface area contributed by atoms with Gasteiger partial charge < -0.3 is 0 Å². The summed E-state index contributed by atoms with van der Waals surface area (Å²) >= 11 is 4.46. The van der Waals surface area contributed by atoms with E-state index in [1.165, 1.54) is 0 Å². The van der Waals surface area contributed by atoms with Crippen molar-refractivity contribution in [3.8, 4) is 0 Å². The Balaban J connectivity index is 2.39. The molecule has 1 aliphatic rings. The molecule has 1 rings (SSSR count). The Hall–Kier alpha value is 0.890. The van der Waals surface area contributed by atoms with E-state index in [-0.39, 0.29) is 5.91 Å². The molecule has 1 saturated heterocycles. The molecule has 12 heavy (non-hydrogen) atoms. The van der Waals surface area contributed by atoms with Gasteiger partial charge in [-0.05, 0) is 12.8 Å². The molecule has 0 saturated carbocycles. The number of amides is 1. The van der Waals surface area contributed by atoms with Gasteiger partial charge in [-0.3, -0.25) is 7.91 Å². The van der Waals surface area contributed by atoms with E-state index < -0.39 is 0 Å². The number of carbonyl (C=O) groups excluding carboxylic acids is 1. The maximum atomic E-state index is 11.0. The minimum Gasteiger partial charge on any atom is -0.282 e. The van der Waals surface area contributed by atoms with Gasteiger partial charge in [0.2, 0.25) is 5.91 Å². The standard InChI is InChI=1S/C7H12I2N2O/c1-6(12)11(9)7-2-4-10(8)5-3-7/h7H,2-5H2,1H3. The van der Waals surface area contributed by atoms with Crippen molar-refractivity contribution in [2.75, 3.05) is 13.1 Å². The first kappa shape index (κ1) is 11.0. The third-order valence-electron chi connectivity index (χ3n) is 2.03. The van der Waals surface area contributed by atoms with Gasteiger partial charge >= 0.3 is 0 Å². The lowest BCUT2D eigenvalue weighted by Gasteiger charge is -2.31. The summed E-state index contributed by atoms with van der Waals surface area (Å²) < 4.78 is 4.11. The molecule has 0 N–H and O–H groups in total. The number of rotatable bonds is 1. The summed E-state index contributed by atoms with van der Waals surface area (Å²) in [7, 11) is 0. The molecule has 0 spiro atoms. The highest BCUT2D eigenvalue weighted by Crippen LogP contribution is 2.21. The van der Waals surface area contributed by atoms with Gasteiger partial charge in [0.05, 0.1) is 22.9 Å². The van der Waals surface area contributed by atoms with E-state index in [1.54, 1.807) is 6.92 Å². The Morgan fingerprint density at radius 3 is 2.42 bits per heavy atom. The highest BCUT2D eigenvalue weighted by molar-refractivity contribution is 14.1. The van der Waals surface area contributed by atoms with E-state index in [0.717, 1.165) is 25.9 Å². The second kappa shape index (κ2) is 4.94. The van der Waals surface area contributed by atoms with Crippen molar-refractivity contribution < 1.29 is 4.79 Å². The number of hydrogen-bond donors (Lipinski definition) is 0. The quantitative estimate of drug-likeness (QED) is 0.502. The molecule has 0 radical (unpaired) electrons. The number of nitrogens with zero attached hydrogens (tertiary/aromatic N) is 2. The maximum Gasteiger partial charge on any atom is 0.228 e. The van der Waals surface area contributed by atoms with Gasteiger partial charge in [-0.2, -0.15) is 0 Å². The van der Waals surface area contributed by atoms with Crippen LogP contribution in [0.2, 0.25) is 0 Å². The lowest BCUT2D eigenvalue weighted by Crippen LogP contribution is -2.39. The monoisotopic (exact) mass is 394 g/mol. The van der Waals surface area contributed by atoms with E-state index in [1.807, 2.05) is 3.11 Å². The Morgan fingerprint density at radius 1 is 1.50 bits per heavy atom. The molecule has 1 fully saturated rings. The zero-order valence-corrected chi connectivity index (χ0v) is 11.3. The molecular formula is C7H12I2N2O. The topological polar surface area (TPSA) is 23.6 Å². The molecule has 3 nitrogen and oxygen atoms in total. The van der Waals surface area contributed by atoms with E-state index >= 15 is 0 Å². The van der Waals surface area contributed by atoms with Crippen molar-refractivity contribution in [3.05, 3.63) is 0 Å². The molecule has 70 valence electrons. The molecule has 1 heterocycles. The Bertz CT molecular complexity index is 169. The van der Waals surface area contributed by atoms with Gasteiger partial charge in [-0.15, -0.1) is 0 Å². The van der Waals surface area contributed by atoms with Gasteiger partial charge in [0.1, 0.15) is 0 Å². The van der Waals surface area contributed by atoms with Gasteiger partial charge in [-0.1, -0.05) is 0 Å². The minimum atomic E-state index is 0.169. The van der Waals surface area contributed by atoms with Crippen LogP contribution >= 0.6 is 45.7 Å². The third kappa shape index (κ3) is 2.99.